The van der Waals surface area contributed by atoms with Crippen molar-refractivity contribution in [3.8, 4) is 11.1 Å². The number of aryl methyl sites for hydroxylation is 1. The third kappa shape index (κ3) is 2.81. The van der Waals surface area contributed by atoms with E-state index in [-0.39, 0.29) is 5.78 Å². The normalized spacial score (nSPS) is 10.9. The van der Waals surface area contributed by atoms with Crippen LogP contribution < -0.4 is 5.73 Å². The van der Waals surface area contributed by atoms with Crippen molar-refractivity contribution < 1.29 is 4.79 Å². The zero-order chi connectivity index (χ0) is 17.4. The summed E-state index contributed by atoms with van der Waals surface area (Å²) in [6.45, 7) is 1.93. The van der Waals surface area contributed by atoms with Crippen LogP contribution in [0.3, 0.4) is 0 Å². The molecule has 0 spiro atoms. The molecule has 0 aliphatic rings. The Labute approximate surface area is 149 Å². The Morgan fingerprint density at radius 1 is 0.920 bits per heavy atom. The van der Waals surface area contributed by atoms with E-state index in [1.54, 1.807) is 0 Å². The van der Waals surface area contributed by atoms with Gasteiger partial charge in [-0.1, -0.05) is 54.6 Å². The van der Waals surface area contributed by atoms with Crippen LogP contribution in [0.4, 0.5) is 5.69 Å². The Balaban J connectivity index is 1.70. The Hall–Kier alpha value is -2.98. The van der Waals surface area contributed by atoms with Crippen LogP contribution in [0.1, 0.15) is 20.9 Å². The summed E-state index contributed by atoms with van der Waals surface area (Å²) in [5.41, 5.74) is 10.5. The Morgan fingerprint density at radius 3 is 2.32 bits per heavy atom. The predicted molar refractivity (Wildman–Crippen MR) is 104 cm³/mol. The Bertz CT molecular complexity index is 1070. The minimum absolute atomic E-state index is 0.0576. The first-order valence-electron chi connectivity index (χ1n) is 7.99. The first-order chi connectivity index (χ1) is 12.1. The van der Waals surface area contributed by atoms with Crippen molar-refractivity contribution in [2.75, 3.05) is 5.73 Å². The first-order valence-corrected chi connectivity index (χ1v) is 8.81. The van der Waals surface area contributed by atoms with Gasteiger partial charge in [-0.25, -0.2) is 4.98 Å². The van der Waals surface area contributed by atoms with Gasteiger partial charge >= 0.3 is 0 Å². The molecule has 0 aliphatic carbocycles. The lowest BCUT2D eigenvalue weighted by atomic mass is 10.0. The van der Waals surface area contributed by atoms with Crippen LogP contribution in [-0.4, -0.2) is 10.8 Å². The number of benzene rings is 2. The summed E-state index contributed by atoms with van der Waals surface area (Å²) in [6, 6.07) is 21.6. The van der Waals surface area contributed by atoms with Crippen LogP contribution in [0.15, 0.2) is 66.7 Å². The molecule has 0 unspecified atom stereocenters. The molecular formula is C21H16N2OS. The predicted octanol–water partition coefficient (Wildman–Crippen LogP) is 5.08. The van der Waals surface area contributed by atoms with E-state index in [0.29, 0.717) is 16.1 Å². The van der Waals surface area contributed by atoms with Gasteiger partial charge in [-0.3, -0.25) is 4.79 Å². The van der Waals surface area contributed by atoms with Crippen molar-refractivity contribution in [3.63, 3.8) is 0 Å². The van der Waals surface area contributed by atoms with E-state index in [9.17, 15) is 4.79 Å². The first kappa shape index (κ1) is 15.5. The summed E-state index contributed by atoms with van der Waals surface area (Å²) in [4.78, 5) is 18.7. The SMILES string of the molecule is Cc1ccc2c(N)c(C(=O)c3ccc(-c4ccccc4)cc3)sc2n1. The number of hydrogen-bond acceptors (Lipinski definition) is 4. The number of fused-ring (bicyclic) bond motifs is 1. The van der Waals surface area contributed by atoms with E-state index in [4.69, 9.17) is 5.73 Å². The highest BCUT2D eigenvalue weighted by Crippen LogP contribution is 2.34. The second kappa shape index (κ2) is 6.15. The van der Waals surface area contributed by atoms with Gasteiger partial charge in [-0.15, -0.1) is 11.3 Å². The third-order valence-corrected chi connectivity index (χ3v) is 5.31. The molecule has 0 aliphatic heterocycles. The standard InChI is InChI=1S/C21H16N2OS/c1-13-7-12-17-18(22)20(25-21(17)23-13)19(24)16-10-8-15(9-11-16)14-5-3-2-4-6-14/h2-12H,22H2,1H3. The Kier molecular flexibility index (Phi) is 3.82. The molecule has 2 aromatic carbocycles. The molecule has 2 aromatic heterocycles. The largest absolute Gasteiger partial charge is 0.397 e. The maximum absolute atomic E-state index is 12.9. The van der Waals surface area contributed by atoms with E-state index in [0.717, 1.165) is 27.0 Å². The van der Waals surface area contributed by atoms with E-state index < -0.39 is 0 Å². The van der Waals surface area contributed by atoms with E-state index >= 15 is 0 Å². The van der Waals surface area contributed by atoms with Gasteiger partial charge in [0.05, 0.1) is 5.69 Å². The number of anilines is 1. The van der Waals surface area contributed by atoms with Gasteiger partial charge in [0.1, 0.15) is 9.71 Å². The highest BCUT2D eigenvalue weighted by atomic mass is 32.1. The number of pyridine rings is 1. The van der Waals surface area contributed by atoms with Crippen LogP contribution >= 0.6 is 11.3 Å². The molecule has 4 rings (SSSR count). The number of nitrogen functional groups attached to an aromatic ring is 1. The lowest BCUT2D eigenvalue weighted by Crippen LogP contribution is -2.01. The van der Waals surface area contributed by atoms with Crippen LogP contribution in [0, 0.1) is 6.92 Å². The minimum Gasteiger partial charge on any atom is -0.397 e. The van der Waals surface area contributed by atoms with Crippen LogP contribution in [0.25, 0.3) is 21.3 Å². The number of carbonyl (C=O) groups is 1. The van der Waals surface area contributed by atoms with Gasteiger partial charge < -0.3 is 5.73 Å². The maximum atomic E-state index is 12.9. The van der Waals surface area contributed by atoms with Crippen molar-refractivity contribution in [3.05, 3.63) is 82.9 Å². The second-order valence-corrected chi connectivity index (χ2v) is 6.92. The number of rotatable bonds is 3. The molecule has 0 fully saturated rings. The number of hydrogen-bond donors (Lipinski definition) is 1. The third-order valence-electron chi connectivity index (χ3n) is 4.19. The summed E-state index contributed by atoms with van der Waals surface area (Å²) in [7, 11) is 0. The summed E-state index contributed by atoms with van der Waals surface area (Å²) < 4.78 is 0. The summed E-state index contributed by atoms with van der Waals surface area (Å²) in [6.07, 6.45) is 0. The Morgan fingerprint density at radius 2 is 1.60 bits per heavy atom. The van der Waals surface area contributed by atoms with Crippen molar-refractivity contribution in [1.29, 1.82) is 0 Å². The molecule has 4 heteroatoms. The fraction of sp³-hybridized carbons (Fsp3) is 0.0476. The summed E-state index contributed by atoms with van der Waals surface area (Å²) in [5.74, 6) is -0.0576. The molecule has 0 radical (unpaired) electrons. The molecule has 2 N–H and O–H groups in total. The van der Waals surface area contributed by atoms with E-state index in [1.165, 1.54) is 11.3 Å². The molecule has 0 bridgehead atoms. The van der Waals surface area contributed by atoms with Crippen molar-refractivity contribution in [2.24, 2.45) is 0 Å². The molecule has 0 amide bonds. The molecule has 3 nitrogen and oxygen atoms in total. The number of nitrogens with two attached hydrogens (primary N) is 1. The van der Waals surface area contributed by atoms with E-state index in [1.807, 2.05) is 61.5 Å². The molecule has 25 heavy (non-hydrogen) atoms. The molecule has 122 valence electrons. The number of aromatic nitrogens is 1. The number of ketones is 1. The van der Waals surface area contributed by atoms with Crippen LogP contribution in [0.2, 0.25) is 0 Å². The topological polar surface area (TPSA) is 56.0 Å². The second-order valence-electron chi connectivity index (χ2n) is 5.92. The summed E-state index contributed by atoms with van der Waals surface area (Å²) in [5, 5.41) is 0.847. The van der Waals surface area contributed by atoms with Crippen molar-refractivity contribution >= 4 is 33.0 Å². The van der Waals surface area contributed by atoms with Gasteiger partial charge in [-0.2, -0.15) is 0 Å². The van der Waals surface area contributed by atoms with E-state index in [2.05, 4.69) is 17.1 Å². The lowest BCUT2D eigenvalue weighted by molar-refractivity contribution is 0.104. The summed E-state index contributed by atoms with van der Waals surface area (Å²) >= 11 is 1.36. The van der Waals surface area contributed by atoms with Crippen molar-refractivity contribution in [1.82, 2.24) is 4.98 Å². The molecule has 0 saturated carbocycles. The zero-order valence-corrected chi connectivity index (χ0v) is 14.5. The molecule has 0 saturated heterocycles. The monoisotopic (exact) mass is 344 g/mol. The van der Waals surface area contributed by atoms with Crippen molar-refractivity contribution in [2.45, 2.75) is 6.92 Å². The van der Waals surface area contributed by atoms with Gasteiger partial charge in [0.15, 0.2) is 0 Å². The number of carbonyl (C=O) groups excluding carboxylic acids is 1. The molecular weight excluding hydrogens is 328 g/mol. The van der Waals surface area contributed by atoms with Crippen LogP contribution in [-0.2, 0) is 0 Å². The fourth-order valence-corrected chi connectivity index (χ4v) is 3.94. The molecule has 4 aromatic rings. The average Bonchev–Trinajstić information content (AvgIpc) is 2.98. The minimum atomic E-state index is -0.0576. The fourth-order valence-electron chi connectivity index (χ4n) is 2.83. The van der Waals surface area contributed by atoms with Gasteiger partial charge in [0.25, 0.3) is 0 Å². The quantitative estimate of drug-likeness (QED) is 0.527. The van der Waals surface area contributed by atoms with Gasteiger partial charge in [0, 0.05) is 16.6 Å². The van der Waals surface area contributed by atoms with Gasteiger partial charge in [0.2, 0.25) is 5.78 Å². The number of nitrogens with zero attached hydrogens (tertiary/aromatic N) is 1. The number of thiophene rings is 1. The average molecular weight is 344 g/mol. The van der Waals surface area contributed by atoms with Gasteiger partial charge in [-0.05, 0) is 30.2 Å². The maximum Gasteiger partial charge on any atom is 0.205 e. The lowest BCUT2D eigenvalue weighted by Gasteiger charge is -2.04. The molecule has 2 heterocycles. The zero-order valence-electron chi connectivity index (χ0n) is 13.7. The molecule has 0 atom stereocenters. The van der Waals surface area contributed by atoms with Crippen LogP contribution in [0.5, 0.6) is 0 Å². The highest BCUT2D eigenvalue weighted by molar-refractivity contribution is 7.21. The smallest absolute Gasteiger partial charge is 0.205 e. The highest BCUT2D eigenvalue weighted by Gasteiger charge is 2.18.